The number of pyridine rings is 1. The van der Waals surface area contributed by atoms with Gasteiger partial charge in [-0.3, -0.25) is 4.79 Å². The molecular formula is C15H20N2O2S. The number of rotatable bonds is 5. The van der Waals surface area contributed by atoms with E-state index in [-0.39, 0.29) is 23.5 Å². The summed E-state index contributed by atoms with van der Waals surface area (Å²) < 4.78 is 1.64. The lowest BCUT2D eigenvalue weighted by Crippen LogP contribution is -2.31. The average molecular weight is 292 g/mol. The summed E-state index contributed by atoms with van der Waals surface area (Å²) in [6.07, 6.45) is 1.97. The Kier molecular flexibility index (Phi) is 4.73. The number of aliphatic hydroxyl groups excluding tert-OH is 1. The van der Waals surface area contributed by atoms with Crippen LogP contribution in [0.15, 0.2) is 35.1 Å². The summed E-state index contributed by atoms with van der Waals surface area (Å²) in [5.74, 6) is 0. The number of hydrogen-bond acceptors (Lipinski definition) is 4. The molecule has 0 amide bonds. The lowest BCUT2D eigenvalue weighted by atomic mass is 10.1. The summed E-state index contributed by atoms with van der Waals surface area (Å²) >= 11 is 1.61. The van der Waals surface area contributed by atoms with Gasteiger partial charge in [0.2, 0.25) is 0 Å². The zero-order valence-corrected chi connectivity index (χ0v) is 12.8. The van der Waals surface area contributed by atoms with Gasteiger partial charge in [-0.25, -0.2) is 0 Å². The van der Waals surface area contributed by atoms with Crippen LogP contribution in [0.3, 0.4) is 0 Å². The number of nitrogens with zero attached hydrogens (tertiary/aromatic N) is 1. The molecule has 0 aliphatic rings. The van der Waals surface area contributed by atoms with Crippen molar-refractivity contribution in [2.24, 2.45) is 7.05 Å². The van der Waals surface area contributed by atoms with Gasteiger partial charge in [0.1, 0.15) is 0 Å². The summed E-state index contributed by atoms with van der Waals surface area (Å²) in [7, 11) is 1.77. The third-order valence-electron chi connectivity index (χ3n) is 3.58. The molecule has 2 atom stereocenters. The lowest BCUT2D eigenvalue weighted by molar-refractivity contribution is 0.288. The zero-order valence-electron chi connectivity index (χ0n) is 12.0. The van der Waals surface area contributed by atoms with Crippen LogP contribution in [-0.2, 0) is 7.05 Å². The van der Waals surface area contributed by atoms with Gasteiger partial charge in [0.05, 0.1) is 12.1 Å². The molecule has 0 radical (unpaired) electrons. The summed E-state index contributed by atoms with van der Waals surface area (Å²) in [5.41, 5.74) is 1.69. The van der Waals surface area contributed by atoms with Crippen molar-refractivity contribution >= 4 is 28.4 Å². The van der Waals surface area contributed by atoms with Crippen molar-refractivity contribution < 1.29 is 5.11 Å². The number of benzene rings is 1. The second kappa shape index (κ2) is 6.33. The monoisotopic (exact) mass is 292 g/mol. The highest BCUT2D eigenvalue weighted by Gasteiger charge is 2.16. The highest BCUT2D eigenvalue weighted by Crippen LogP contribution is 2.23. The van der Waals surface area contributed by atoms with Crippen LogP contribution in [0.4, 0.5) is 5.69 Å². The number of aryl methyl sites for hydroxylation is 1. The SMILES string of the molecule is CSC(CO)C(C)Nc1cc(=O)n(C)c2ccccc12. The predicted molar refractivity (Wildman–Crippen MR) is 86.7 cm³/mol. The van der Waals surface area contributed by atoms with E-state index in [0.29, 0.717) is 0 Å². The van der Waals surface area contributed by atoms with Crippen molar-refractivity contribution in [1.29, 1.82) is 0 Å². The van der Waals surface area contributed by atoms with Crippen LogP contribution in [-0.4, -0.2) is 33.8 Å². The standard InChI is InChI=1S/C15H20N2O2S/c1-10(14(9-18)20-3)16-12-8-15(19)17(2)13-7-5-4-6-11(12)13/h4-8,10,14,16,18H,9H2,1-3H3. The van der Waals surface area contributed by atoms with E-state index in [1.807, 2.05) is 37.4 Å². The van der Waals surface area contributed by atoms with E-state index in [2.05, 4.69) is 5.32 Å². The maximum atomic E-state index is 12.0. The van der Waals surface area contributed by atoms with Gasteiger partial charge in [0, 0.05) is 35.5 Å². The molecule has 1 aromatic heterocycles. The summed E-state index contributed by atoms with van der Waals surface area (Å²) in [6, 6.07) is 9.51. The number of para-hydroxylation sites is 1. The first-order valence-corrected chi connectivity index (χ1v) is 7.86. The van der Waals surface area contributed by atoms with Crippen molar-refractivity contribution in [2.75, 3.05) is 18.2 Å². The largest absolute Gasteiger partial charge is 0.395 e. The Morgan fingerprint density at radius 3 is 2.75 bits per heavy atom. The van der Waals surface area contributed by atoms with E-state index < -0.39 is 0 Å². The first-order chi connectivity index (χ1) is 9.58. The van der Waals surface area contributed by atoms with Gasteiger partial charge in [-0.1, -0.05) is 18.2 Å². The molecule has 0 fully saturated rings. The maximum Gasteiger partial charge on any atom is 0.252 e. The molecule has 0 saturated carbocycles. The number of hydrogen-bond donors (Lipinski definition) is 2. The molecule has 1 aromatic carbocycles. The van der Waals surface area contributed by atoms with Crippen LogP contribution in [0, 0.1) is 0 Å². The minimum atomic E-state index is -0.0388. The molecule has 0 aliphatic heterocycles. The minimum absolute atomic E-state index is 0.0388. The number of thioether (sulfide) groups is 1. The third kappa shape index (κ3) is 2.83. The second-order valence-corrected chi connectivity index (χ2v) is 5.94. The first-order valence-electron chi connectivity index (χ1n) is 6.57. The summed E-state index contributed by atoms with van der Waals surface area (Å²) in [6.45, 7) is 2.13. The molecule has 0 bridgehead atoms. The first kappa shape index (κ1) is 14.9. The van der Waals surface area contributed by atoms with E-state index in [4.69, 9.17) is 0 Å². The molecule has 5 heteroatoms. The molecule has 0 spiro atoms. The Morgan fingerprint density at radius 1 is 1.40 bits per heavy atom. The molecule has 2 rings (SSSR count). The van der Waals surface area contributed by atoms with Gasteiger partial charge in [0.15, 0.2) is 0 Å². The van der Waals surface area contributed by atoms with Crippen molar-refractivity contribution in [1.82, 2.24) is 4.57 Å². The van der Waals surface area contributed by atoms with E-state index in [0.717, 1.165) is 16.6 Å². The number of anilines is 1. The van der Waals surface area contributed by atoms with E-state index in [1.165, 1.54) is 0 Å². The minimum Gasteiger partial charge on any atom is -0.395 e. The molecule has 0 saturated heterocycles. The van der Waals surface area contributed by atoms with Crippen LogP contribution in [0.25, 0.3) is 10.9 Å². The maximum absolute atomic E-state index is 12.0. The highest BCUT2D eigenvalue weighted by atomic mass is 32.2. The van der Waals surface area contributed by atoms with E-state index in [1.54, 1.807) is 29.4 Å². The average Bonchev–Trinajstić information content (AvgIpc) is 2.46. The number of fused-ring (bicyclic) bond motifs is 1. The Hall–Kier alpha value is -1.46. The van der Waals surface area contributed by atoms with E-state index in [9.17, 15) is 9.90 Å². The van der Waals surface area contributed by atoms with Crippen LogP contribution >= 0.6 is 11.8 Å². The zero-order chi connectivity index (χ0) is 14.7. The van der Waals surface area contributed by atoms with Crippen molar-refractivity contribution in [2.45, 2.75) is 18.2 Å². The fraction of sp³-hybridized carbons (Fsp3) is 0.400. The molecule has 2 unspecified atom stereocenters. The Bertz CT molecular complexity index is 650. The molecule has 2 N–H and O–H groups in total. The Morgan fingerprint density at radius 2 is 2.10 bits per heavy atom. The lowest BCUT2D eigenvalue weighted by Gasteiger charge is -2.23. The fourth-order valence-electron chi connectivity index (χ4n) is 2.31. The van der Waals surface area contributed by atoms with Gasteiger partial charge >= 0.3 is 0 Å². The summed E-state index contributed by atoms with van der Waals surface area (Å²) in [5, 5.41) is 13.8. The molecule has 2 aromatic rings. The van der Waals surface area contributed by atoms with Crippen LogP contribution < -0.4 is 10.9 Å². The van der Waals surface area contributed by atoms with Crippen LogP contribution in [0.1, 0.15) is 6.92 Å². The van der Waals surface area contributed by atoms with Gasteiger partial charge in [-0.15, -0.1) is 0 Å². The van der Waals surface area contributed by atoms with Gasteiger partial charge in [0.25, 0.3) is 5.56 Å². The van der Waals surface area contributed by atoms with Gasteiger partial charge < -0.3 is 15.0 Å². The number of aliphatic hydroxyl groups is 1. The molecular weight excluding hydrogens is 272 g/mol. The molecule has 4 nitrogen and oxygen atoms in total. The van der Waals surface area contributed by atoms with Crippen LogP contribution in [0.2, 0.25) is 0 Å². The number of aromatic nitrogens is 1. The Labute approximate surface area is 122 Å². The molecule has 0 aliphatic carbocycles. The molecule has 1 heterocycles. The second-order valence-electron chi connectivity index (χ2n) is 4.86. The normalized spacial score (nSPS) is 14.2. The summed E-state index contributed by atoms with van der Waals surface area (Å²) in [4.78, 5) is 12.0. The van der Waals surface area contributed by atoms with Crippen LogP contribution in [0.5, 0.6) is 0 Å². The number of nitrogens with one attached hydrogen (secondary N) is 1. The van der Waals surface area contributed by atoms with E-state index >= 15 is 0 Å². The fourth-order valence-corrected chi connectivity index (χ4v) is 2.93. The topological polar surface area (TPSA) is 54.3 Å². The van der Waals surface area contributed by atoms with Gasteiger partial charge in [-0.2, -0.15) is 11.8 Å². The third-order valence-corrected chi connectivity index (χ3v) is 4.74. The quantitative estimate of drug-likeness (QED) is 0.886. The van der Waals surface area contributed by atoms with Crippen molar-refractivity contribution in [3.63, 3.8) is 0 Å². The molecule has 20 heavy (non-hydrogen) atoms. The van der Waals surface area contributed by atoms with Crippen molar-refractivity contribution in [3.8, 4) is 0 Å². The highest BCUT2D eigenvalue weighted by molar-refractivity contribution is 7.99. The smallest absolute Gasteiger partial charge is 0.252 e. The molecule has 108 valence electrons. The van der Waals surface area contributed by atoms with Gasteiger partial charge in [-0.05, 0) is 19.2 Å². The van der Waals surface area contributed by atoms with Crippen molar-refractivity contribution in [3.05, 3.63) is 40.7 Å². The predicted octanol–water partition coefficient (Wildman–Crippen LogP) is 2.06. The Balaban J connectivity index is 2.45.